The Morgan fingerprint density at radius 3 is 2.59 bits per heavy atom. The quantitative estimate of drug-likeness (QED) is 0.474. The Labute approximate surface area is 172 Å². The number of Topliss-reactive ketones (excluding diaryl/α,β-unsaturated/α-hetero) is 1. The normalized spacial score (nSPS) is 10.8. The van der Waals surface area contributed by atoms with Crippen LogP contribution in [0, 0.1) is 0 Å². The minimum absolute atomic E-state index is 0.0968. The van der Waals surface area contributed by atoms with Gasteiger partial charge in [-0.3, -0.25) is 14.0 Å². The first-order chi connectivity index (χ1) is 14.1. The molecule has 0 saturated carbocycles. The summed E-state index contributed by atoms with van der Waals surface area (Å²) in [6, 6.07) is 19.7. The molecular formula is C22H17ClN4O2. The number of carbonyl (C=O) groups excluding carboxylic acids is 2. The molecule has 2 aromatic carbocycles. The molecule has 6 nitrogen and oxygen atoms in total. The number of anilines is 1. The van der Waals surface area contributed by atoms with Crippen LogP contribution in [0.25, 0.3) is 17.0 Å². The molecule has 7 heteroatoms. The maximum Gasteiger partial charge on any atom is 0.224 e. The van der Waals surface area contributed by atoms with Crippen molar-refractivity contribution in [1.82, 2.24) is 14.6 Å². The summed E-state index contributed by atoms with van der Waals surface area (Å²) in [5.74, 6) is 0.366. The summed E-state index contributed by atoms with van der Waals surface area (Å²) in [5, 5.41) is 11.8. The van der Waals surface area contributed by atoms with Crippen LogP contribution in [-0.2, 0) is 4.79 Å². The van der Waals surface area contributed by atoms with Crippen LogP contribution in [0.1, 0.15) is 23.2 Å². The van der Waals surface area contributed by atoms with Crippen LogP contribution in [0.2, 0.25) is 5.02 Å². The molecule has 0 spiro atoms. The van der Waals surface area contributed by atoms with Gasteiger partial charge in [0.25, 0.3) is 0 Å². The molecule has 2 aromatic heterocycles. The predicted molar refractivity (Wildman–Crippen MR) is 112 cm³/mol. The molecule has 144 valence electrons. The lowest BCUT2D eigenvalue weighted by molar-refractivity contribution is -0.116. The predicted octanol–water partition coefficient (Wildman–Crippen LogP) is 4.65. The molecule has 0 saturated heterocycles. The Balaban J connectivity index is 1.42. The third kappa shape index (κ3) is 4.33. The van der Waals surface area contributed by atoms with Crippen LogP contribution in [-0.4, -0.2) is 26.3 Å². The van der Waals surface area contributed by atoms with Gasteiger partial charge in [-0.15, -0.1) is 10.2 Å². The highest BCUT2D eigenvalue weighted by molar-refractivity contribution is 6.30. The van der Waals surface area contributed by atoms with Crippen LogP contribution in [0.4, 0.5) is 5.69 Å². The third-order valence-corrected chi connectivity index (χ3v) is 4.72. The van der Waals surface area contributed by atoms with Crippen LogP contribution in [0.3, 0.4) is 0 Å². The van der Waals surface area contributed by atoms with Crippen LogP contribution < -0.4 is 5.32 Å². The number of nitrogens with one attached hydrogen (secondary N) is 1. The van der Waals surface area contributed by atoms with Gasteiger partial charge in [0.1, 0.15) is 0 Å². The zero-order valence-corrected chi connectivity index (χ0v) is 16.1. The summed E-state index contributed by atoms with van der Waals surface area (Å²) in [6.07, 6.45) is 2.11. The van der Waals surface area contributed by atoms with E-state index in [1.807, 2.05) is 47.0 Å². The largest absolute Gasteiger partial charge is 0.326 e. The lowest BCUT2D eigenvalue weighted by Crippen LogP contribution is -2.13. The van der Waals surface area contributed by atoms with Crippen LogP contribution in [0.15, 0.2) is 72.9 Å². The Hall–Kier alpha value is -3.51. The SMILES string of the molecule is O=C(CCC(=O)c1ccc(Cl)cc1)Nc1cccc(-c2nnc3ccccn23)c1. The second-order valence-electron chi connectivity index (χ2n) is 6.51. The number of nitrogens with zero attached hydrogens (tertiary/aromatic N) is 3. The van der Waals surface area contributed by atoms with Crippen molar-refractivity contribution in [2.75, 3.05) is 5.32 Å². The van der Waals surface area contributed by atoms with E-state index in [2.05, 4.69) is 15.5 Å². The number of ketones is 1. The van der Waals surface area contributed by atoms with Crippen molar-refractivity contribution in [3.8, 4) is 11.4 Å². The standard InChI is InChI=1S/C22H17ClN4O2/c23-17-9-7-15(8-10-17)19(28)11-12-21(29)24-18-5-3-4-16(14-18)22-26-25-20-6-1-2-13-27(20)22/h1-10,13-14H,11-12H2,(H,24,29). The number of pyridine rings is 1. The maximum absolute atomic E-state index is 12.3. The van der Waals surface area contributed by atoms with E-state index in [9.17, 15) is 9.59 Å². The number of aromatic nitrogens is 3. The number of hydrogen-bond donors (Lipinski definition) is 1. The molecule has 29 heavy (non-hydrogen) atoms. The van der Waals surface area contributed by atoms with E-state index in [1.165, 1.54) is 0 Å². The summed E-state index contributed by atoms with van der Waals surface area (Å²) in [4.78, 5) is 24.5. The Morgan fingerprint density at radius 1 is 0.931 bits per heavy atom. The van der Waals surface area contributed by atoms with E-state index in [4.69, 9.17) is 11.6 Å². The Bertz CT molecular complexity index is 1180. The average molecular weight is 405 g/mol. The van der Waals surface area contributed by atoms with E-state index < -0.39 is 0 Å². The molecule has 0 radical (unpaired) electrons. The highest BCUT2D eigenvalue weighted by Crippen LogP contribution is 2.22. The Morgan fingerprint density at radius 2 is 1.76 bits per heavy atom. The van der Waals surface area contributed by atoms with E-state index in [1.54, 1.807) is 30.3 Å². The molecule has 2 heterocycles. The fourth-order valence-corrected chi connectivity index (χ4v) is 3.13. The van der Waals surface area contributed by atoms with E-state index >= 15 is 0 Å². The van der Waals surface area contributed by atoms with Gasteiger partial charge in [-0.25, -0.2) is 0 Å². The molecule has 0 unspecified atom stereocenters. The second-order valence-corrected chi connectivity index (χ2v) is 6.95. The van der Waals surface area contributed by atoms with E-state index in [-0.39, 0.29) is 24.5 Å². The monoisotopic (exact) mass is 404 g/mol. The topological polar surface area (TPSA) is 76.4 Å². The number of hydrogen-bond acceptors (Lipinski definition) is 4. The van der Waals surface area contributed by atoms with Gasteiger partial charge in [0.2, 0.25) is 5.91 Å². The van der Waals surface area contributed by atoms with Gasteiger partial charge < -0.3 is 5.32 Å². The molecule has 4 rings (SSSR count). The van der Waals surface area contributed by atoms with E-state index in [0.717, 1.165) is 11.2 Å². The average Bonchev–Trinajstić information content (AvgIpc) is 3.17. The second kappa shape index (κ2) is 8.24. The van der Waals surface area contributed by atoms with Gasteiger partial charge in [0, 0.05) is 40.9 Å². The minimum atomic E-state index is -0.226. The fraction of sp³-hybridized carbons (Fsp3) is 0.0909. The number of rotatable bonds is 6. The molecule has 0 aliphatic carbocycles. The summed E-state index contributed by atoms with van der Waals surface area (Å²) >= 11 is 5.83. The van der Waals surface area contributed by atoms with Gasteiger partial charge in [-0.05, 0) is 48.5 Å². The molecule has 0 aliphatic heterocycles. The number of halogens is 1. The van der Waals surface area contributed by atoms with Crippen molar-refractivity contribution in [1.29, 1.82) is 0 Å². The molecule has 0 aliphatic rings. The molecule has 1 amide bonds. The summed E-state index contributed by atoms with van der Waals surface area (Å²) < 4.78 is 1.88. The molecule has 0 bridgehead atoms. The number of fused-ring (bicyclic) bond motifs is 1. The van der Waals surface area contributed by atoms with Crippen molar-refractivity contribution >= 4 is 34.6 Å². The van der Waals surface area contributed by atoms with Gasteiger partial charge in [-0.1, -0.05) is 29.8 Å². The third-order valence-electron chi connectivity index (χ3n) is 4.46. The molecule has 0 fully saturated rings. The van der Waals surface area contributed by atoms with Crippen LogP contribution in [0.5, 0.6) is 0 Å². The van der Waals surface area contributed by atoms with Gasteiger partial charge in [0.15, 0.2) is 17.3 Å². The van der Waals surface area contributed by atoms with Crippen molar-refractivity contribution < 1.29 is 9.59 Å². The van der Waals surface area contributed by atoms with Crippen LogP contribution >= 0.6 is 11.6 Å². The first-order valence-electron chi connectivity index (χ1n) is 9.09. The van der Waals surface area contributed by atoms with Crippen molar-refractivity contribution in [3.63, 3.8) is 0 Å². The molecule has 0 atom stereocenters. The maximum atomic E-state index is 12.3. The molecular weight excluding hydrogens is 388 g/mol. The summed E-state index contributed by atoms with van der Waals surface area (Å²) in [7, 11) is 0. The summed E-state index contributed by atoms with van der Waals surface area (Å²) in [5.41, 5.74) is 2.76. The van der Waals surface area contributed by atoms with Gasteiger partial charge in [-0.2, -0.15) is 0 Å². The first-order valence-corrected chi connectivity index (χ1v) is 9.47. The lowest BCUT2D eigenvalue weighted by atomic mass is 10.1. The van der Waals surface area contributed by atoms with Crippen molar-refractivity contribution in [3.05, 3.63) is 83.5 Å². The number of carbonyl (C=O) groups is 2. The number of amides is 1. The fourth-order valence-electron chi connectivity index (χ4n) is 3.00. The number of benzene rings is 2. The minimum Gasteiger partial charge on any atom is -0.326 e. The lowest BCUT2D eigenvalue weighted by Gasteiger charge is -2.07. The Kier molecular flexibility index (Phi) is 5.35. The highest BCUT2D eigenvalue weighted by atomic mass is 35.5. The zero-order valence-electron chi connectivity index (χ0n) is 15.4. The van der Waals surface area contributed by atoms with E-state index in [0.29, 0.717) is 22.1 Å². The molecule has 4 aromatic rings. The first kappa shape index (κ1) is 18.8. The summed E-state index contributed by atoms with van der Waals surface area (Å²) in [6.45, 7) is 0. The van der Waals surface area contributed by atoms with Crippen molar-refractivity contribution in [2.24, 2.45) is 0 Å². The smallest absolute Gasteiger partial charge is 0.224 e. The van der Waals surface area contributed by atoms with Gasteiger partial charge >= 0.3 is 0 Å². The highest BCUT2D eigenvalue weighted by Gasteiger charge is 2.11. The zero-order chi connectivity index (χ0) is 20.2. The molecule has 1 N–H and O–H groups in total. The van der Waals surface area contributed by atoms with Crippen molar-refractivity contribution in [2.45, 2.75) is 12.8 Å². The van der Waals surface area contributed by atoms with Gasteiger partial charge in [0.05, 0.1) is 0 Å².